The third-order valence-electron chi connectivity index (χ3n) is 3.26. The van der Waals surface area contributed by atoms with Gasteiger partial charge in [0.05, 0.1) is 10.2 Å². The van der Waals surface area contributed by atoms with Crippen molar-refractivity contribution >= 4 is 49.6 Å². The number of nitrogens with zero attached hydrogens (tertiary/aromatic N) is 2. The summed E-state index contributed by atoms with van der Waals surface area (Å²) in [5.41, 5.74) is 3.21. The second-order valence-corrected chi connectivity index (χ2v) is 7.11. The van der Waals surface area contributed by atoms with Crippen molar-refractivity contribution in [2.75, 3.05) is 24.2 Å². The summed E-state index contributed by atoms with van der Waals surface area (Å²) < 4.78 is 1.07. The van der Waals surface area contributed by atoms with Gasteiger partial charge in [-0.3, -0.25) is 9.59 Å². The van der Waals surface area contributed by atoms with E-state index in [1.165, 1.54) is 28.7 Å². The number of nitrogens with one attached hydrogen (secondary N) is 1. The maximum Gasteiger partial charge on any atom is 0.282 e. The summed E-state index contributed by atoms with van der Waals surface area (Å²) >= 11 is 2.72. The van der Waals surface area contributed by atoms with Gasteiger partial charge in [0, 0.05) is 12.3 Å². The number of aromatic nitrogens is 1. The fourth-order valence-electron chi connectivity index (χ4n) is 2.33. The minimum Gasteiger partial charge on any atom is -0.323 e. The van der Waals surface area contributed by atoms with Crippen molar-refractivity contribution in [3.63, 3.8) is 0 Å². The maximum absolute atomic E-state index is 12.0. The predicted octanol–water partition coefficient (Wildman–Crippen LogP) is 3.02. The van der Waals surface area contributed by atoms with Crippen molar-refractivity contribution in [2.45, 2.75) is 13.8 Å². The van der Waals surface area contributed by atoms with E-state index >= 15 is 0 Å². The van der Waals surface area contributed by atoms with Gasteiger partial charge in [0.1, 0.15) is 6.54 Å². The Kier molecular flexibility index (Phi) is 3.86. The van der Waals surface area contributed by atoms with Crippen LogP contribution in [0.5, 0.6) is 0 Å². The van der Waals surface area contributed by atoms with Crippen molar-refractivity contribution in [1.82, 2.24) is 9.88 Å². The molecule has 0 unspecified atom stereocenters. The number of fused-ring (bicyclic) bond motifs is 1. The molecule has 2 heterocycles. The molecule has 0 saturated carbocycles. The van der Waals surface area contributed by atoms with Crippen LogP contribution in [-0.4, -0.2) is 39.9 Å². The van der Waals surface area contributed by atoms with Gasteiger partial charge in [-0.15, -0.1) is 0 Å². The van der Waals surface area contributed by atoms with Crippen molar-refractivity contribution in [2.24, 2.45) is 0 Å². The van der Waals surface area contributed by atoms with Crippen LogP contribution in [0.1, 0.15) is 11.1 Å². The molecule has 0 radical (unpaired) electrons. The number of hydrogen-bond donors (Lipinski definition) is 1. The number of carbonyl (C=O) groups is 2. The molecular weight excluding hydrogens is 306 g/mol. The lowest BCUT2D eigenvalue weighted by Gasteiger charge is -2.12. The van der Waals surface area contributed by atoms with E-state index in [-0.39, 0.29) is 17.7 Å². The number of thiazole rings is 1. The summed E-state index contributed by atoms with van der Waals surface area (Å²) in [6.07, 6.45) is 0. The van der Waals surface area contributed by atoms with Gasteiger partial charge in [0.15, 0.2) is 5.13 Å². The lowest BCUT2D eigenvalue weighted by atomic mass is 10.1. The van der Waals surface area contributed by atoms with Gasteiger partial charge < -0.3 is 10.2 Å². The molecule has 0 aliphatic carbocycles. The molecule has 0 bridgehead atoms. The van der Waals surface area contributed by atoms with Gasteiger partial charge in [-0.05, 0) is 31.0 Å². The molecule has 1 aliphatic rings. The maximum atomic E-state index is 12.0. The third kappa shape index (κ3) is 3.03. The van der Waals surface area contributed by atoms with Gasteiger partial charge in [-0.2, -0.15) is 0 Å². The molecule has 21 heavy (non-hydrogen) atoms. The minimum absolute atomic E-state index is 0.0269. The first-order valence-corrected chi connectivity index (χ1v) is 8.42. The zero-order chi connectivity index (χ0) is 15.0. The van der Waals surface area contributed by atoms with Crippen LogP contribution in [0.15, 0.2) is 12.1 Å². The molecule has 2 amide bonds. The molecule has 1 fully saturated rings. The van der Waals surface area contributed by atoms with E-state index in [0.29, 0.717) is 11.7 Å². The van der Waals surface area contributed by atoms with Crippen LogP contribution < -0.4 is 5.32 Å². The standard InChI is InChI=1S/C14H15N3O2S2/c1-8-5-9(2)12-10(6-8)21-13(16-12)15-11(18)7-17-3-4-20-14(17)19/h5-6H,3-4,7H2,1-2H3,(H,15,16,18). The highest BCUT2D eigenvalue weighted by Crippen LogP contribution is 2.29. The quantitative estimate of drug-likeness (QED) is 0.944. The molecule has 1 aromatic carbocycles. The van der Waals surface area contributed by atoms with Gasteiger partial charge in [0.2, 0.25) is 5.91 Å². The fourth-order valence-corrected chi connectivity index (χ4v) is 4.21. The average Bonchev–Trinajstić information content (AvgIpc) is 2.96. The second kappa shape index (κ2) is 5.65. The van der Waals surface area contributed by atoms with Gasteiger partial charge >= 0.3 is 0 Å². The SMILES string of the molecule is Cc1cc(C)c2nc(NC(=O)CN3CCSC3=O)sc2c1. The third-order valence-corrected chi connectivity index (χ3v) is 5.07. The highest BCUT2D eigenvalue weighted by molar-refractivity contribution is 8.13. The zero-order valence-electron chi connectivity index (χ0n) is 11.8. The Labute approximate surface area is 130 Å². The lowest BCUT2D eigenvalue weighted by Crippen LogP contribution is -2.33. The molecule has 1 aromatic heterocycles. The van der Waals surface area contributed by atoms with E-state index in [1.54, 1.807) is 4.90 Å². The molecule has 0 atom stereocenters. The van der Waals surface area contributed by atoms with Crippen LogP contribution in [0.2, 0.25) is 0 Å². The first-order chi connectivity index (χ1) is 10.0. The van der Waals surface area contributed by atoms with Gasteiger partial charge in [-0.25, -0.2) is 4.98 Å². The number of rotatable bonds is 3. The highest BCUT2D eigenvalue weighted by atomic mass is 32.2. The first-order valence-electron chi connectivity index (χ1n) is 6.62. The van der Waals surface area contributed by atoms with E-state index in [0.717, 1.165) is 21.5 Å². The lowest BCUT2D eigenvalue weighted by molar-refractivity contribution is -0.116. The smallest absolute Gasteiger partial charge is 0.282 e. The van der Waals surface area contributed by atoms with Crippen LogP contribution in [-0.2, 0) is 4.79 Å². The van der Waals surface area contributed by atoms with Crippen LogP contribution in [0, 0.1) is 13.8 Å². The molecule has 2 aromatic rings. The van der Waals surface area contributed by atoms with E-state index in [2.05, 4.69) is 22.4 Å². The zero-order valence-corrected chi connectivity index (χ0v) is 13.4. The Hall–Kier alpha value is -1.60. The Balaban J connectivity index is 1.74. The molecule has 1 N–H and O–H groups in total. The van der Waals surface area contributed by atoms with Crippen LogP contribution in [0.3, 0.4) is 0 Å². The first kappa shape index (κ1) is 14.3. The molecule has 7 heteroatoms. The summed E-state index contributed by atoms with van der Waals surface area (Å²) in [5.74, 6) is 0.561. The van der Waals surface area contributed by atoms with Gasteiger partial charge in [0.25, 0.3) is 5.24 Å². The van der Waals surface area contributed by atoms with Crippen LogP contribution >= 0.6 is 23.1 Å². The number of thioether (sulfide) groups is 1. The van der Waals surface area contributed by atoms with Crippen LogP contribution in [0.25, 0.3) is 10.2 Å². The van der Waals surface area contributed by atoms with Crippen molar-refractivity contribution in [3.8, 4) is 0 Å². The Morgan fingerprint density at radius 3 is 2.95 bits per heavy atom. The fraction of sp³-hybridized carbons (Fsp3) is 0.357. The summed E-state index contributed by atoms with van der Waals surface area (Å²) in [6, 6.07) is 4.14. The number of benzene rings is 1. The highest BCUT2D eigenvalue weighted by Gasteiger charge is 2.23. The molecule has 5 nitrogen and oxygen atoms in total. The summed E-state index contributed by atoms with van der Waals surface area (Å²) in [4.78, 5) is 29.5. The molecule has 1 saturated heterocycles. The summed E-state index contributed by atoms with van der Waals surface area (Å²) in [7, 11) is 0. The van der Waals surface area contributed by atoms with Crippen molar-refractivity contribution in [1.29, 1.82) is 0 Å². The van der Waals surface area contributed by atoms with E-state index in [1.807, 2.05) is 13.8 Å². The summed E-state index contributed by atoms with van der Waals surface area (Å²) in [5, 5.41) is 3.35. The van der Waals surface area contributed by atoms with Crippen LogP contribution in [0.4, 0.5) is 9.93 Å². The number of hydrogen-bond acceptors (Lipinski definition) is 5. The largest absolute Gasteiger partial charge is 0.323 e. The molecule has 0 spiro atoms. The number of aryl methyl sites for hydroxylation is 2. The van der Waals surface area contributed by atoms with E-state index in [4.69, 9.17) is 0 Å². The topological polar surface area (TPSA) is 62.3 Å². The molecular formula is C14H15N3O2S2. The van der Waals surface area contributed by atoms with Crippen molar-refractivity contribution < 1.29 is 9.59 Å². The monoisotopic (exact) mass is 321 g/mol. The van der Waals surface area contributed by atoms with Crippen molar-refractivity contribution in [3.05, 3.63) is 23.3 Å². The molecule has 3 rings (SSSR count). The number of anilines is 1. The summed E-state index contributed by atoms with van der Waals surface area (Å²) in [6.45, 7) is 4.79. The average molecular weight is 321 g/mol. The Morgan fingerprint density at radius 1 is 1.43 bits per heavy atom. The van der Waals surface area contributed by atoms with Gasteiger partial charge in [-0.1, -0.05) is 29.2 Å². The number of amides is 2. The molecule has 1 aliphatic heterocycles. The molecule has 110 valence electrons. The Morgan fingerprint density at radius 2 is 2.24 bits per heavy atom. The Bertz CT molecular complexity index is 726. The van der Waals surface area contributed by atoms with E-state index < -0.39 is 0 Å². The minimum atomic E-state index is -0.195. The second-order valence-electron chi connectivity index (χ2n) is 5.03. The number of carbonyl (C=O) groups excluding carboxylic acids is 2. The predicted molar refractivity (Wildman–Crippen MR) is 87.2 cm³/mol. The van der Waals surface area contributed by atoms with E-state index in [9.17, 15) is 9.59 Å². The normalized spacial score (nSPS) is 15.0.